The molecule has 4 aliphatic rings. The van der Waals surface area contributed by atoms with Crippen LogP contribution in [0.2, 0.25) is 0 Å². The quantitative estimate of drug-likeness (QED) is 0.669. The van der Waals surface area contributed by atoms with E-state index in [2.05, 4.69) is 10.2 Å². The molecule has 1 N–H and O–H groups in total. The molecule has 10 heteroatoms. The number of imide groups is 2. The molecule has 5 rings (SSSR count). The second-order valence-corrected chi connectivity index (χ2v) is 10.0. The molecular weight excluding hydrogens is 428 g/mol. The molecule has 1 unspecified atom stereocenters. The predicted molar refractivity (Wildman–Crippen MR) is 116 cm³/mol. The van der Waals surface area contributed by atoms with E-state index in [0.29, 0.717) is 13.1 Å². The van der Waals surface area contributed by atoms with Gasteiger partial charge in [0.25, 0.3) is 11.8 Å². The maximum absolute atomic E-state index is 13.1. The Morgan fingerprint density at radius 2 is 1.76 bits per heavy atom. The average Bonchev–Trinajstić information content (AvgIpc) is 3.40. The van der Waals surface area contributed by atoms with Crippen molar-refractivity contribution in [1.82, 2.24) is 15.1 Å². The molecule has 5 amide bonds. The Kier molecular flexibility index (Phi) is 4.73. The monoisotopic (exact) mass is 454 g/mol. The zero-order chi connectivity index (χ0) is 23.7. The van der Waals surface area contributed by atoms with Gasteiger partial charge >= 0.3 is 6.09 Å². The van der Waals surface area contributed by atoms with Gasteiger partial charge in [-0.2, -0.15) is 0 Å². The summed E-state index contributed by atoms with van der Waals surface area (Å²) < 4.78 is 5.51. The van der Waals surface area contributed by atoms with Crippen LogP contribution in [0.15, 0.2) is 18.2 Å². The van der Waals surface area contributed by atoms with Gasteiger partial charge in [0.1, 0.15) is 11.6 Å². The Morgan fingerprint density at radius 1 is 1.03 bits per heavy atom. The lowest BCUT2D eigenvalue weighted by atomic mass is 10.0. The highest BCUT2D eigenvalue weighted by Crippen LogP contribution is 2.37. The number of piperidine rings is 1. The van der Waals surface area contributed by atoms with E-state index in [1.165, 1.54) is 0 Å². The van der Waals surface area contributed by atoms with Gasteiger partial charge < -0.3 is 14.5 Å². The van der Waals surface area contributed by atoms with Crippen LogP contribution in [-0.2, 0) is 14.3 Å². The number of carbonyl (C=O) groups excluding carboxylic acids is 5. The summed E-state index contributed by atoms with van der Waals surface area (Å²) >= 11 is 0. The zero-order valence-corrected chi connectivity index (χ0v) is 18.8. The van der Waals surface area contributed by atoms with Gasteiger partial charge in [-0.1, -0.05) is 0 Å². The molecule has 10 nitrogen and oxygen atoms in total. The lowest BCUT2D eigenvalue weighted by molar-refractivity contribution is -0.136. The number of rotatable bonds is 2. The zero-order valence-electron chi connectivity index (χ0n) is 18.8. The minimum Gasteiger partial charge on any atom is -0.444 e. The van der Waals surface area contributed by atoms with Crippen molar-refractivity contribution >= 4 is 35.4 Å². The van der Waals surface area contributed by atoms with Gasteiger partial charge in [-0.05, 0) is 51.8 Å². The third-order valence-corrected chi connectivity index (χ3v) is 6.62. The maximum atomic E-state index is 13.1. The topological polar surface area (TPSA) is 116 Å². The van der Waals surface area contributed by atoms with Crippen molar-refractivity contribution in [3.8, 4) is 0 Å². The van der Waals surface area contributed by atoms with Crippen molar-refractivity contribution in [2.45, 2.75) is 63.8 Å². The number of nitrogens with one attached hydrogen (secondary N) is 1. The summed E-state index contributed by atoms with van der Waals surface area (Å²) in [6.07, 6.45) is 0.703. The third-order valence-electron chi connectivity index (χ3n) is 6.62. The summed E-state index contributed by atoms with van der Waals surface area (Å²) in [6.45, 7) is 6.67. The number of carbonyl (C=O) groups is 5. The van der Waals surface area contributed by atoms with E-state index < -0.39 is 35.3 Å². The first-order valence-electron chi connectivity index (χ1n) is 11.2. The van der Waals surface area contributed by atoms with Crippen LogP contribution in [0.25, 0.3) is 0 Å². The highest BCUT2D eigenvalue weighted by Gasteiger charge is 2.48. The van der Waals surface area contributed by atoms with Gasteiger partial charge in [-0.25, -0.2) is 4.79 Å². The molecule has 0 aromatic heterocycles. The van der Waals surface area contributed by atoms with Crippen LogP contribution in [0.3, 0.4) is 0 Å². The van der Waals surface area contributed by atoms with Gasteiger partial charge in [-0.3, -0.25) is 29.4 Å². The fourth-order valence-corrected chi connectivity index (χ4v) is 5.17. The second kappa shape index (κ2) is 7.29. The van der Waals surface area contributed by atoms with Crippen molar-refractivity contribution in [2.75, 3.05) is 18.0 Å². The standard InChI is InChI=1S/C23H26N4O6/c1-23(2,3)33-22(32)26-11-13-8-14(26)10-25(13)12-4-5-15-16(9-12)21(31)27(20(15)30)17-6-7-18(28)24-19(17)29/h4-5,9,13-14,17H,6-8,10-11H2,1-3H3,(H,24,28,29)/t13-,14-,17?/m1/s1. The summed E-state index contributed by atoms with van der Waals surface area (Å²) in [5, 5.41) is 2.20. The SMILES string of the molecule is CC(C)(C)OC(=O)N1C[C@H]2C[C@@H]1CN2c1ccc2c(c1)C(=O)N(C1CCC(=O)NC1=O)C2=O. The number of anilines is 1. The lowest BCUT2D eigenvalue weighted by Gasteiger charge is -2.36. The van der Waals surface area contributed by atoms with Crippen LogP contribution in [0, 0.1) is 0 Å². The molecule has 4 aliphatic heterocycles. The number of fused-ring (bicyclic) bond motifs is 3. The third kappa shape index (κ3) is 3.53. The van der Waals surface area contributed by atoms with Crippen molar-refractivity contribution < 1.29 is 28.7 Å². The van der Waals surface area contributed by atoms with E-state index in [0.717, 1.165) is 17.0 Å². The Morgan fingerprint density at radius 3 is 2.39 bits per heavy atom. The molecule has 174 valence electrons. The number of nitrogens with zero attached hydrogens (tertiary/aromatic N) is 3. The summed E-state index contributed by atoms with van der Waals surface area (Å²) in [6, 6.07) is 4.25. The van der Waals surface area contributed by atoms with E-state index >= 15 is 0 Å². The largest absolute Gasteiger partial charge is 0.444 e. The van der Waals surface area contributed by atoms with Crippen LogP contribution < -0.4 is 10.2 Å². The Labute approximate surface area is 190 Å². The molecule has 2 bridgehead atoms. The van der Waals surface area contributed by atoms with Crippen LogP contribution >= 0.6 is 0 Å². The second-order valence-electron chi connectivity index (χ2n) is 10.0. The minimum atomic E-state index is -0.983. The summed E-state index contributed by atoms with van der Waals surface area (Å²) in [5.41, 5.74) is 0.762. The summed E-state index contributed by atoms with van der Waals surface area (Å²) in [4.78, 5) is 67.1. The number of ether oxygens (including phenoxy) is 1. The van der Waals surface area contributed by atoms with Crippen molar-refractivity contribution in [1.29, 1.82) is 0 Å². The van der Waals surface area contributed by atoms with Gasteiger partial charge in [0.2, 0.25) is 11.8 Å². The van der Waals surface area contributed by atoms with Crippen LogP contribution in [0.5, 0.6) is 0 Å². The van der Waals surface area contributed by atoms with Crippen LogP contribution in [0.4, 0.5) is 10.5 Å². The molecule has 1 aromatic carbocycles. The number of hydrogen-bond donors (Lipinski definition) is 1. The van der Waals surface area contributed by atoms with E-state index in [1.807, 2.05) is 20.8 Å². The molecule has 3 saturated heterocycles. The molecular formula is C23H26N4O6. The van der Waals surface area contributed by atoms with Crippen molar-refractivity contribution in [2.24, 2.45) is 0 Å². The smallest absolute Gasteiger partial charge is 0.410 e. The Balaban J connectivity index is 1.33. The first-order chi connectivity index (χ1) is 15.5. The Hall–Kier alpha value is -3.43. The Bertz CT molecular complexity index is 1090. The van der Waals surface area contributed by atoms with Gasteiger partial charge in [0, 0.05) is 31.2 Å². The van der Waals surface area contributed by atoms with Crippen molar-refractivity contribution in [3.05, 3.63) is 29.3 Å². The first-order valence-corrected chi connectivity index (χ1v) is 11.2. The van der Waals surface area contributed by atoms with Gasteiger partial charge in [0.05, 0.1) is 17.2 Å². The van der Waals surface area contributed by atoms with Gasteiger partial charge in [-0.15, -0.1) is 0 Å². The number of benzene rings is 1. The molecule has 1 aromatic rings. The van der Waals surface area contributed by atoms with Crippen LogP contribution in [0.1, 0.15) is 60.7 Å². The van der Waals surface area contributed by atoms with E-state index in [9.17, 15) is 24.0 Å². The summed E-state index contributed by atoms with van der Waals surface area (Å²) in [5.74, 6) is -2.07. The van der Waals surface area contributed by atoms with E-state index in [4.69, 9.17) is 4.74 Å². The number of likely N-dealkylation sites (tertiary alicyclic amines) is 1. The minimum absolute atomic E-state index is 0.0235. The van der Waals surface area contributed by atoms with Crippen molar-refractivity contribution in [3.63, 3.8) is 0 Å². The van der Waals surface area contributed by atoms with E-state index in [-0.39, 0.29) is 42.1 Å². The molecule has 3 atom stereocenters. The molecule has 33 heavy (non-hydrogen) atoms. The normalized spacial score (nSPS) is 26.8. The average molecular weight is 454 g/mol. The number of piperazine rings is 1. The predicted octanol–water partition coefficient (Wildman–Crippen LogP) is 1.29. The molecule has 0 radical (unpaired) electrons. The number of hydrogen-bond acceptors (Lipinski definition) is 7. The molecule has 0 spiro atoms. The first kappa shape index (κ1) is 21.4. The molecule has 0 saturated carbocycles. The fraction of sp³-hybridized carbons (Fsp3) is 0.522. The number of amides is 5. The maximum Gasteiger partial charge on any atom is 0.410 e. The highest BCUT2D eigenvalue weighted by molar-refractivity contribution is 6.23. The molecule has 0 aliphatic carbocycles. The molecule has 3 fully saturated rings. The highest BCUT2D eigenvalue weighted by atomic mass is 16.6. The van der Waals surface area contributed by atoms with Crippen LogP contribution in [-0.4, -0.2) is 76.3 Å². The molecule has 4 heterocycles. The summed E-state index contributed by atoms with van der Waals surface area (Å²) in [7, 11) is 0. The fourth-order valence-electron chi connectivity index (χ4n) is 5.17. The van der Waals surface area contributed by atoms with Gasteiger partial charge in [0.15, 0.2) is 0 Å². The van der Waals surface area contributed by atoms with E-state index in [1.54, 1.807) is 23.1 Å². The lowest BCUT2D eigenvalue weighted by Crippen LogP contribution is -2.54.